The number of rotatable bonds is 6. The molecule has 0 aliphatic carbocycles. The highest BCUT2D eigenvalue weighted by molar-refractivity contribution is 7.00. The molecule has 0 unspecified atom stereocenters. The van der Waals surface area contributed by atoms with E-state index >= 15 is 0 Å². The van der Waals surface area contributed by atoms with Crippen LogP contribution in [0.4, 0.5) is 33.5 Å². The topological polar surface area (TPSA) is 106 Å². The average molecular weight is 543 g/mol. The van der Waals surface area contributed by atoms with Crippen LogP contribution in [0.5, 0.6) is 0 Å². The second kappa shape index (κ2) is 10.0. The van der Waals surface area contributed by atoms with E-state index in [0.29, 0.717) is 29.0 Å². The molecule has 0 spiro atoms. The summed E-state index contributed by atoms with van der Waals surface area (Å²) in [6.07, 6.45) is -2.89. The summed E-state index contributed by atoms with van der Waals surface area (Å²) in [5.74, 6) is -2.49. The lowest BCUT2D eigenvalue weighted by molar-refractivity contribution is -0.137. The van der Waals surface area contributed by atoms with Crippen LogP contribution in [-0.4, -0.2) is 29.6 Å². The molecule has 1 amide bonds. The van der Waals surface area contributed by atoms with Crippen LogP contribution < -0.4 is 10.6 Å². The fraction of sp³-hybridized carbons (Fsp3) is 0.0833. The maximum atomic E-state index is 14.1. The predicted molar refractivity (Wildman–Crippen MR) is 129 cm³/mol. The molecule has 0 aliphatic rings. The number of alkyl halides is 3. The van der Waals surface area contributed by atoms with Gasteiger partial charge in [0.2, 0.25) is 0 Å². The Labute approximate surface area is 214 Å². The van der Waals surface area contributed by atoms with Gasteiger partial charge in [-0.05, 0) is 24.3 Å². The highest BCUT2D eigenvalue weighted by atomic mass is 32.1. The van der Waals surface area contributed by atoms with Gasteiger partial charge >= 0.3 is 6.18 Å². The monoisotopic (exact) mass is 543 g/mol. The van der Waals surface area contributed by atoms with Gasteiger partial charge in [0.05, 0.1) is 23.0 Å². The minimum absolute atomic E-state index is 0.00909. The summed E-state index contributed by atoms with van der Waals surface area (Å²) in [5.41, 5.74) is 0.137. The summed E-state index contributed by atoms with van der Waals surface area (Å²) in [6, 6.07) is 10.1. The molecule has 5 rings (SSSR count). The molecule has 8 nitrogen and oxygen atoms in total. The maximum absolute atomic E-state index is 14.1. The third-order valence-electron chi connectivity index (χ3n) is 5.29. The lowest BCUT2D eigenvalue weighted by Gasteiger charge is -2.12. The number of anilines is 2. The van der Waals surface area contributed by atoms with Gasteiger partial charge in [0.25, 0.3) is 5.91 Å². The third-order valence-corrected chi connectivity index (χ3v) is 5.83. The van der Waals surface area contributed by atoms with E-state index in [2.05, 4.69) is 34.3 Å². The van der Waals surface area contributed by atoms with Gasteiger partial charge < -0.3 is 10.6 Å². The average Bonchev–Trinajstić information content (AvgIpc) is 3.38. The first-order valence-electron chi connectivity index (χ1n) is 10.8. The van der Waals surface area contributed by atoms with Crippen LogP contribution in [0.2, 0.25) is 0 Å². The number of hydrogen-bond acceptors (Lipinski definition) is 8. The largest absolute Gasteiger partial charge is 0.417 e. The van der Waals surface area contributed by atoms with Crippen molar-refractivity contribution in [1.82, 2.24) is 23.7 Å². The van der Waals surface area contributed by atoms with Gasteiger partial charge in [0.15, 0.2) is 5.82 Å². The van der Waals surface area contributed by atoms with Crippen molar-refractivity contribution < 1.29 is 26.7 Å². The quantitative estimate of drug-likeness (QED) is 0.265. The van der Waals surface area contributed by atoms with Gasteiger partial charge in [-0.2, -0.15) is 21.9 Å². The number of halogens is 5. The molecule has 0 saturated carbocycles. The van der Waals surface area contributed by atoms with Crippen LogP contribution in [0, 0.1) is 11.6 Å². The summed E-state index contributed by atoms with van der Waals surface area (Å²) in [7, 11) is 0. The minimum Gasteiger partial charge on any atom is -0.366 e. The van der Waals surface area contributed by atoms with Gasteiger partial charge in [0.1, 0.15) is 34.2 Å². The Morgan fingerprint density at radius 3 is 2.61 bits per heavy atom. The lowest BCUT2D eigenvalue weighted by Crippen LogP contribution is -2.16. The zero-order chi connectivity index (χ0) is 26.9. The van der Waals surface area contributed by atoms with E-state index in [4.69, 9.17) is 0 Å². The zero-order valence-corrected chi connectivity index (χ0v) is 19.7. The van der Waals surface area contributed by atoms with Crippen molar-refractivity contribution in [2.45, 2.75) is 12.7 Å². The summed E-state index contributed by atoms with van der Waals surface area (Å²) in [4.78, 5) is 25.1. The minimum atomic E-state index is -4.67. The van der Waals surface area contributed by atoms with Gasteiger partial charge in [-0.25, -0.2) is 18.7 Å². The number of carbonyl (C=O) groups excluding carboxylic acids is 1. The van der Waals surface area contributed by atoms with Crippen molar-refractivity contribution >= 4 is 40.2 Å². The molecule has 0 atom stereocenters. The van der Waals surface area contributed by atoms with Gasteiger partial charge in [-0.15, -0.1) is 0 Å². The van der Waals surface area contributed by atoms with Crippen molar-refractivity contribution in [3.05, 3.63) is 89.4 Å². The SMILES string of the molecule is O=C(Nc1cccc2nsnc12)c1cc(NCc2ccc(F)cc2F)nc(-c2cncc(C(F)(F)F)c2)n1. The normalized spacial score (nSPS) is 11.5. The van der Waals surface area contributed by atoms with E-state index < -0.39 is 29.3 Å². The Morgan fingerprint density at radius 1 is 0.974 bits per heavy atom. The molecule has 0 aliphatic heterocycles. The lowest BCUT2D eigenvalue weighted by atomic mass is 10.2. The molecule has 14 heteroatoms. The zero-order valence-electron chi connectivity index (χ0n) is 18.9. The maximum Gasteiger partial charge on any atom is 0.417 e. The molecule has 3 aromatic heterocycles. The highest BCUT2D eigenvalue weighted by Gasteiger charge is 2.31. The number of carbonyl (C=O) groups is 1. The first kappa shape index (κ1) is 25.1. The van der Waals surface area contributed by atoms with Crippen molar-refractivity contribution in [3.8, 4) is 11.4 Å². The van der Waals surface area contributed by atoms with Gasteiger partial charge in [-0.3, -0.25) is 9.78 Å². The third kappa shape index (κ3) is 5.39. The number of benzene rings is 2. The molecule has 0 saturated heterocycles. The number of nitrogens with one attached hydrogen (secondary N) is 2. The van der Waals surface area contributed by atoms with Crippen molar-refractivity contribution in [2.75, 3.05) is 10.6 Å². The first-order valence-corrected chi connectivity index (χ1v) is 11.5. The number of hydrogen-bond donors (Lipinski definition) is 2. The van der Waals surface area contributed by atoms with Crippen molar-refractivity contribution in [1.29, 1.82) is 0 Å². The van der Waals surface area contributed by atoms with Crippen molar-refractivity contribution in [3.63, 3.8) is 0 Å². The Kier molecular flexibility index (Phi) is 6.63. The number of fused-ring (bicyclic) bond motifs is 1. The molecule has 2 N–H and O–H groups in total. The summed E-state index contributed by atoms with van der Waals surface area (Å²) in [6.45, 7) is -0.158. The second-order valence-corrected chi connectivity index (χ2v) is 8.43. The fourth-order valence-corrected chi connectivity index (χ4v) is 3.99. The van der Waals surface area contributed by atoms with Crippen LogP contribution in [-0.2, 0) is 12.7 Å². The molecule has 38 heavy (non-hydrogen) atoms. The molecule has 5 aromatic rings. The van der Waals surface area contributed by atoms with Crippen LogP contribution in [0.25, 0.3) is 22.4 Å². The van der Waals surface area contributed by atoms with Crippen LogP contribution in [0.3, 0.4) is 0 Å². The Morgan fingerprint density at radius 2 is 1.82 bits per heavy atom. The molecule has 3 heterocycles. The van der Waals surface area contributed by atoms with Crippen LogP contribution >= 0.6 is 11.7 Å². The van der Waals surface area contributed by atoms with Crippen LogP contribution in [0.15, 0.2) is 60.9 Å². The van der Waals surface area contributed by atoms with E-state index in [1.807, 2.05) is 0 Å². The Balaban J connectivity index is 1.51. The number of nitrogens with zero attached hydrogens (tertiary/aromatic N) is 5. The highest BCUT2D eigenvalue weighted by Crippen LogP contribution is 2.31. The van der Waals surface area contributed by atoms with Gasteiger partial charge in [-0.1, -0.05) is 12.1 Å². The number of amides is 1. The Hall–Kier alpha value is -4.59. The standard InChI is InChI=1S/C24H14F5N7OS/c25-15-5-4-12(16(26)7-15)10-31-20-8-19(23(37)33-17-2-1-3-18-21(17)36-38-35-18)32-22(34-20)13-6-14(11-30-9-13)24(27,28)29/h1-9,11H,10H2,(H,33,37)(H,31,32,34). The van der Waals surface area contributed by atoms with E-state index in [-0.39, 0.29) is 35.0 Å². The van der Waals surface area contributed by atoms with E-state index in [9.17, 15) is 26.7 Å². The number of aromatic nitrogens is 5. The summed E-state index contributed by atoms with van der Waals surface area (Å²) >= 11 is 0.962. The molecular formula is C24H14F5N7OS. The molecule has 0 bridgehead atoms. The molecule has 2 aromatic carbocycles. The second-order valence-electron chi connectivity index (χ2n) is 7.90. The predicted octanol–water partition coefficient (Wildman–Crippen LogP) is 5.70. The van der Waals surface area contributed by atoms with E-state index in [1.54, 1.807) is 18.2 Å². The summed E-state index contributed by atoms with van der Waals surface area (Å²) in [5, 5.41) is 5.47. The van der Waals surface area contributed by atoms with Crippen molar-refractivity contribution in [2.24, 2.45) is 0 Å². The van der Waals surface area contributed by atoms with Crippen LogP contribution in [0.1, 0.15) is 21.6 Å². The molecule has 192 valence electrons. The fourth-order valence-electron chi connectivity index (χ4n) is 3.44. The smallest absolute Gasteiger partial charge is 0.366 e. The van der Waals surface area contributed by atoms with E-state index in [0.717, 1.165) is 30.1 Å². The molecule has 0 fully saturated rings. The molecular weight excluding hydrogens is 529 g/mol. The first-order chi connectivity index (χ1) is 18.2. The molecule has 0 radical (unpaired) electrons. The summed E-state index contributed by atoms with van der Waals surface area (Å²) < 4.78 is 75.4. The Bertz CT molecular complexity index is 1660. The van der Waals surface area contributed by atoms with Gasteiger partial charge in [0, 0.05) is 42.2 Å². The van der Waals surface area contributed by atoms with E-state index in [1.165, 1.54) is 12.1 Å². The number of pyridine rings is 1.